The SMILES string of the molecule is C[SH+]C=CCC/C(=N/OS(=O)(=O)O)S[C@@H]1O[C@H](CO)[C@@H](O)[C@H](O)[C@H]1O. The van der Waals surface area contributed by atoms with Gasteiger partial charge in [-0.1, -0.05) is 16.9 Å². The normalized spacial score (nSPS) is 31.4. The van der Waals surface area contributed by atoms with Crippen LogP contribution >= 0.6 is 11.8 Å². The summed E-state index contributed by atoms with van der Waals surface area (Å²) in [5.74, 6) is 0. The largest absolute Gasteiger partial charge is 0.466 e. The van der Waals surface area contributed by atoms with Crippen molar-refractivity contribution < 1.29 is 42.4 Å². The number of thiol groups is 1. The van der Waals surface area contributed by atoms with E-state index in [0.717, 1.165) is 23.5 Å². The highest BCUT2D eigenvalue weighted by atomic mass is 32.3. The zero-order valence-corrected chi connectivity index (χ0v) is 15.8. The van der Waals surface area contributed by atoms with Crippen molar-refractivity contribution in [1.82, 2.24) is 0 Å². The number of ether oxygens (including phenoxy) is 1. The van der Waals surface area contributed by atoms with Crippen molar-refractivity contribution in [1.29, 1.82) is 0 Å². The van der Waals surface area contributed by atoms with Crippen LogP contribution in [-0.4, -0.2) is 81.2 Å². The van der Waals surface area contributed by atoms with Crippen LogP contribution in [0.4, 0.5) is 0 Å². The first-order chi connectivity index (χ1) is 11.7. The first kappa shape index (κ1) is 22.7. The van der Waals surface area contributed by atoms with Gasteiger partial charge in [0.1, 0.15) is 40.3 Å². The van der Waals surface area contributed by atoms with Crippen molar-refractivity contribution in [3.63, 3.8) is 0 Å². The maximum Gasteiger partial charge on any atom is 0.466 e. The van der Waals surface area contributed by atoms with Gasteiger partial charge in [0.15, 0.2) is 0 Å². The molecule has 0 aromatic carbocycles. The predicted octanol–water partition coefficient (Wildman–Crippen LogP) is -1.61. The number of thioether (sulfide) groups is 1. The first-order valence-electron chi connectivity index (χ1n) is 7.13. The maximum atomic E-state index is 10.7. The minimum absolute atomic E-state index is 0.0689. The second-order valence-corrected chi connectivity index (χ2v) is 7.97. The molecule has 0 radical (unpaired) electrons. The third-order valence-corrected chi connectivity index (χ3v) is 5.06. The van der Waals surface area contributed by atoms with Crippen LogP contribution in [0.15, 0.2) is 16.6 Å². The number of allylic oxidation sites excluding steroid dienone is 1. The van der Waals surface area contributed by atoms with Crippen molar-refractivity contribution >= 4 is 39.0 Å². The molecule has 10 nitrogen and oxygen atoms in total. The van der Waals surface area contributed by atoms with Crippen LogP contribution in [-0.2, 0) is 31.2 Å². The Bertz CT molecular complexity index is 566. The van der Waals surface area contributed by atoms with E-state index in [1.54, 1.807) is 0 Å². The molecule has 1 rings (SSSR count). The summed E-state index contributed by atoms with van der Waals surface area (Å²) in [7, 11) is -4.80. The predicted molar refractivity (Wildman–Crippen MR) is 94.5 cm³/mol. The van der Waals surface area contributed by atoms with E-state index in [9.17, 15) is 23.7 Å². The Kier molecular flexibility index (Phi) is 9.69. The lowest BCUT2D eigenvalue weighted by Crippen LogP contribution is -2.57. The van der Waals surface area contributed by atoms with E-state index < -0.39 is 46.9 Å². The molecule has 13 heteroatoms. The third-order valence-electron chi connectivity index (χ3n) is 3.11. The Balaban J connectivity index is 2.85. The molecule has 0 aliphatic carbocycles. The molecular formula is C12H22NO9S3+. The number of nitrogens with zero attached hydrogens (tertiary/aromatic N) is 1. The van der Waals surface area contributed by atoms with Crippen LogP contribution in [0.25, 0.3) is 0 Å². The minimum atomic E-state index is -4.80. The Morgan fingerprint density at radius 1 is 1.32 bits per heavy atom. The van der Waals surface area contributed by atoms with Crippen LogP contribution < -0.4 is 0 Å². The molecule has 1 fully saturated rings. The van der Waals surface area contributed by atoms with E-state index in [2.05, 4.69) is 9.44 Å². The summed E-state index contributed by atoms with van der Waals surface area (Å²) in [6.45, 7) is -0.589. The molecule has 1 aliphatic rings. The molecular weight excluding hydrogens is 398 g/mol. The fraction of sp³-hybridized carbons (Fsp3) is 0.750. The van der Waals surface area contributed by atoms with Gasteiger partial charge in [-0.3, -0.25) is 4.55 Å². The molecule has 1 heterocycles. The minimum Gasteiger partial charge on any atom is -0.394 e. The molecule has 0 unspecified atom stereocenters. The summed E-state index contributed by atoms with van der Waals surface area (Å²) >= 11 is 1.79. The van der Waals surface area contributed by atoms with Crippen molar-refractivity contribution in [2.45, 2.75) is 42.7 Å². The lowest BCUT2D eigenvalue weighted by molar-refractivity contribution is -0.205. The van der Waals surface area contributed by atoms with Gasteiger partial charge < -0.3 is 25.2 Å². The second kappa shape index (κ2) is 10.7. The van der Waals surface area contributed by atoms with Crippen molar-refractivity contribution in [2.24, 2.45) is 5.16 Å². The highest BCUT2D eigenvalue weighted by Crippen LogP contribution is 2.30. The topological polar surface area (TPSA) is 166 Å². The van der Waals surface area contributed by atoms with E-state index >= 15 is 0 Å². The van der Waals surface area contributed by atoms with Gasteiger partial charge in [-0.25, -0.2) is 4.28 Å². The molecule has 0 bridgehead atoms. The number of aliphatic hydroxyl groups is 4. The summed E-state index contributed by atoms with van der Waals surface area (Å²) in [5.41, 5.74) is -1.13. The smallest absolute Gasteiger partial charge is 0.394 e. The number of hydrogen-bond donors (Lipinski definition) is 5. The van der Waals surface area contributed by atoms with Crippen LogP contribution in [0.3, 0.4) is 0 Å². The summed E-state index contributed by atoms with van der Waals surface area (Å²) in [5, 5.41) is 43.9. The van der Waals surface area contributed by atoms with Gasteiger partial charge in [-0.05, 0) is 24.3 Å². The zero-order valence-electron chi connectivity index (χ0n) is 13.2. The standard InChI is InChI=1S/C12H21NO9S3/c1-23-5-3-2-4-8(13-22-25(18,19)20)24-12-11(17)10(16)9(15)7(6-14)21-12/h3,5,7,9-12,14-17H,2,4,6H2,1H3,(H,18,19,20)/p+1/b5-3?,13-8-/t7-,9-,10+,11-,12+/m1/s1. The molecule has 0 spiro atoms. The van der Waals surface area contributed by atoms with Crippen molar-refractivity contribution in [3.8, 4) is 0 Å². The molecule has 0 amide bonds. The number of rotatable bonds is 8. The lowest BCUT2D eigenvalue weighted by Gasteiger charge is -2.39. The Morgan fingerprint density at radius 3 is 2.56 bits per heavy atom. The molecule has 0 aromatic rings. The molecule has 5 atom stereocenters. The summed E-state index contributed by atoms with van der Waals surface area (Å²) in [4.78, 5) is 0. The molecule has 1 aliphatic heterocycles. The van der Waals surface area contributed by atoms with E-state index in [0.29, 0.717) is 6.42 Å². The third kappa shape index (κ3) is 7.80. The zero-order chi connectivity index (χ0) is 19.0. The molecule has 25 heavy (non-hydrogen) atoms. The number of oxime groups is 1. The fourth-order valence-corrected chi connectivity index (χ4v) is 3.57. The Labute approximate surface area is 153 Å². The highest BCUT2D eigenvalue weighted by molar-refractivity contribution is 8.14. The van der Waals surface area contributed by atoms with E-state index in [1.165, 1.54) is 0 Å². The van der Waals surface area contributed by atoms with E-state index in [1.807, 2.05) is 17.7 Å². The van der Waals surface area contributed by atoms with Gasteiger partial charge in [0.25, 0.3) is 0 Å². The summed E-state index contributed by atoms with van der Waals surface area (Å²) < 4.78 is 39.3. The molecule has 0 aromatic heterocycles. The highest BCUT2D eigenvalue weighted by Gasteiger charge is 2.44. The first-order valence-corrected chi connectivity index (χ1v) is 10.8. The Hall–Kier alpha value is -0.380. The maximum absolute atomic E-state index is 10.7. The van der Waals surface area contributed by atoms with Crippen LogP contribution in [0, 0.1) is 0 Å². The molecule has 146 valence electrons. The van der Waals surface area contributed by atoms with Gasteiger partial charge in [0, 0.05) is 6.42 Å². The quantitative estimate of drug-likeness (QED) is 0.0770. The summed E-state index contributed by atoms with van der Waals surface area (Å²) in [6, 6.07) is 0. The van der Waals surface area contributed by atoms with Crippen molar-refractivity contribution in [3.05, 3.63) is 11.5 Å². The van der Waals surface area contributed by atoms with Crippen LogP contribution in [0.5, 0.6) is 0 Å². The number of aliphatic hydroxyl groups excluding tert-OH is 4. The van der Waals surface area contributed by atoms with Gasteiger partial charge in [-0.2, -0.15) is 8.42 Å². The van der Waals surface area contributed by atoms with Crippen LogP contribution in [0.2, 0.25) is 0 Å². The van der Waals surface area contributed by atoms with Gasteiger partial charge in [0.05, 0.1) is 12.9 Å². The van der Waals surface area contributed by atoms with Crippen LogP contribution in [0.1, 0.15) is 12.8 Å². The monoisotopic (exact) mass is 420 g/mol. The molecule has 1 saturated heterocycles. The van der Waals surface area contributed by atoms with Gasteiger partial charge in [-0.15, -0.1) is 0 Å². The van der Waals surface area contributed by atoms with E-state index in [-0.39, 0.29) is 11.5 Å². The average molecular weight is 421 g/mol. The Morgan fingerprint density at radius 2 is 2.00 bits per heavy atom. The van der Waals surface area contributed by atoms with Crippen molar-refractivity contribution in [2.75, 3.05) is 12.9 Å². The van der Waals surface area contributed by atoms with Gasteiger partial charge >= 0.3 is 10.4 Å². The summed E-state index contributed by atoms with van der Waals surface area (Å²) in [6.07, 6.45) is -1.26. The molecule has 5 N–H and O–H groups in total. The fourth-order valence-electron chi connectivity index (χ4n) is 1.90. The second-order valence-electron chi connectivity index (χ2n) is 4.98. The number of hydrogen-bond acceptors (Lipinski definition) is 10. The lowest BCUT2D eigenvalue weighted by atomic mass is 10.0. The van der Waals surface area contributed by atoms with Gasteiger partial charge in [0.2, 0.25) is 0 Å². The van der Waals surface area contributed by atoms with E-state index in [4.69, 9.17) is 14.4 Å². The average Bonchev–Trinajstić information content (AvgIpc) is 2.55. The molecule has 0 saturated carbocycles.